The number of aryl methyl sites for hydroxylation is 2. The summed E-state index contributed by atoms with van der Waals surface area (Å²) in [6, 6.07) is 2.03. The molecule has 7 nitrogen and oxygen atoms in total. The van der Waals surface area contributed by atoms with Gasteiger partial charge in [0.05, 0.1) is 35.2 Å². The number of hydrogen-bond acceptors (Lipinski definition) is 5. The van der Waals surface area contributed by atoms with Crippen LogP contribution in [0.4, 0.5) is 0 Å². The van der Waals surface area contributed by atoms with Crippen molar-refractivity contribution in [2.75, 3.05) is 6.54 Å². The first-order chi connectivity index (χ1) is 12.2. The third kappa shape index (κ3) is 3.27. The van der Waals surface area contributed by atoms with Gasteiger partial charge in [0.1, 0.15) is 0 Å². The average Bonchev–Trinajstić information content (AvgIpc) is 3.19. The topological polar surface area (TPSA) is 76.8 Å². The van der Waals surface area contributed by atoms with Crippen molar-refractivity contribution in [2.24, 2.45) is 0 Å². The molecule has 25 heavy (non-hydrogen) atoms. The number of aromatic nitrogens is 5. The van der Waals surface area contributed by atoms with Crippen LogP contribution in [0.2, 0.25) is 0 Å². The van der Waals surface area contributed by atoms with Crippen LogP contribution in [0.25, 0.3) is 0 Å². The first-order valence-electron chi connectivity index (χ1n) is 9.20. The SMILES string of the molecule is CCc1nnc(C)cc1C(=O)N1CCC[C@H]1Cn1cc(C2CC2)nn1. The molecule has 1 atom stereocenters. The Bertz CT molecular complexity index is 782. The molecule has 0 N–H and O–H groups in total. The Labute approximate surface area is 147 Å². The highest BCUT2D eigenvalue weighted by Gasteiger charge is 2.32. The minimum Gasteiger partial charge on any atom is -0.334 e. The van der Waals surface area contributed by atoms with E-state index < -0.39 is 0 Å². The molecule has 1 amide bonds. The lowest BCUT2D eigenvalue weighted by molar-refractivity contribution is 0.0719. The highest BCUT2D eigenvalue weighted by molar-refractivity contribution is 5.95. The van der Waals surface area contributed by atoms with Crippen molar-refractivity contribution in [3.63, 3.8) is 0 Å². The summed E-state index contributed by atoms with van der Waals surface area (Å²) < 4.78 is 1.90. The van der Waals surface area contributed by atoms with Crippen molar-refractivity contribution in [1.29, 1.82) is 0 Å². The van der Waals surface area contributed by atoms with Crippen molar-refractivity contribution in [3.8, 4) is 0 Å². The minimum atomic E-state index is 0.0693. The van der Waals surface area contributed by atoms with Crippen LogP contribution >= 0.6 is 0 Å². The third-order valence-corrected chi connectivity index (χ3v) is 5.15. The van der Waals surface area contributed by atoms with E-state index in [1.54, 1.807) is 0 Å². The van der Waals surface area contributed by atoms with Crippen molar-refractivity contribution < 1.29 is 4.79 Å². The number of amides is 1. The van der Waals surface area contributed by atoms with E-state index in [1.165, 1.54) is 12.8 Å². The maximum absolute atomic E-state index is 13.1. The summed E-state index contributed by atoms with van der Waals surface area (Å²) in [5.74, 6) is 0.674. The molecule has 1 aliphatic carbocycles. The molecule has 4 rings (SSSR count). The Morgan fingerprint density at radius 2 is 2.08 bits per heavy atom. The summed E-state index contributed by atoms with van der Waals surface area (Å²) in [7, 11) is 0. The fourth-order valence-electron chi connectivity index (χ4n) is 3.59. The van der Waals surface area contributed by atoms with Gasteiger partial charge in [0, 0.05) is 18.7 Å². The van der Waals surface area contributed by atoms with Crippen LogP contribution in [0.3, 0.4) is 0 Å². The molecule has 2 aromatic heterocycles. The van der Waals surface area contributed by atoms with Gasteiger partial charge < -0.3 is 4.90 Å². The predicted octanol–water partition coefficient (Wildman–Crippen LogP) is 2.12. The van der Waals surface area contributed by atoms with Gasteiger partial charge in [0.2, 0.25) is 0 Å². The molecule has 0 aromatic carbocycles. The smallest absolute Gasteiger partial charge is 0.256 e. The lowest BCUT2D eigenvalue weighted by Crippen LogP contribution is -2.38. The molecule has 1 saturated heterocycles. The number of nitrogens with zero attached hydrogens (tertiary/aromatic N) is 6. The van der Waals surface area contributed by atoms with Crippen LogP contribution in [0.15, 0.2) is 12.3 Å². The van der Waals surface area contributed by atoms with Crippen LogP contribution in [0, 0.1) is 6.92 Å². The van der Waals surface area contributed by atoms with Gasteiger partial charge in [-0.15, -0.1) is 5.10 Å². The number of carbonyl (C=O) groups is 1. The molecule has 0 bridgehead atoms. The maximum atomic E-state index is 13.1. The average molecular weight is 340 g/mol. The highest BCUT2D eigenvalue weighted by atomic mass is 16.2. The van der Waals surface area contributed by atoms with Crippen LogP contribution < -0.4 is 0 Å². The molecular weight excluding hydrogens is 316 g/mol. The molecule has 2 aliphatic rings. The summed E-state index contributed by atoms with van der Waals surface area (Å²) in [5.41, 5.74) is 3.34. The largest absolute Gasteiger partial charge is 0.334 e. The van der Waals surface area contributed by atoms with Gasteiger partial charge in [-0.05, 0) is 45.1 Å². The van der Waals surface area contributed by atoms with Crippen LogP contribution in [-0.4, -0.2) is 48.6 Å². The van der Waals surface area contributed by atoms with Crippen molar-refractivity contribution in [2.45, 2.75) is 64.5 Å². The molecular formula is C18H24N6O. The van der Waals surface area contributed by atoms with E-state index in [2.05, 4.69) is 20.5 Å². The van der Waals surface area contributed by atoms with Gasteiger partial charge in [-0.25, -0.2) is 0 Å². The van der Waals surface area contributed by atoms with E-state index in [9.17, 15) is 4.79 Å². The molecule has 132 valence electrons. The zero-order chi connectivity index (χ0) is 17.4. The fourth-order valence-corrected chi connectivity index (χ4v) is 3.59. The zero-order valence-electron chi connectivity index (χ0n) is 14.9. The highest BCUT2D eigenvalue weighted by Crippen LogP contribution is 2.38. The van der Waals surface area contributed by atoms with Crippen LogP contribution in [0.5, 0.6) is 0 Å². The summed E-state index contributed by atoms with van der Waals surface area (Å²) in [6.07, 6.45) is 7.24. The first-order valence-corrected chi connectivity index (χ1v) is 9.20. The second-order valence-electron chi connectivity index (χ2n) is 7.13. The Morgan fingerprint density at radius 1 is 1.24 bits per heavy atom. The monoisotopic (exact) mass is 340 g/mol. The quantitative estimate of drug-likeness (QED) is 0.833. The normalized spacial score (nSPS) is 20.2. The van der Waals surface area contributed by atoms with Gasteiger partial charge in [-0.2, -0.15) is 10.2 Å². The van der Waals surface area contributed by atoms with Gasteiger partial charge in [0.25, 0.3) is 5.91 Å². The molecule has 2 aromatic rings. The molecule has 0 radical (unpaired) electrons. The molecule has 0 unspecified atom stereocenters. The van der Waals surface area contributed by atoms with E-state index in [0.717, 1.165) is 36.5 Å². The summed E-state index contributed by atoms with van der Waals surface area (Å²) in [4.78, 5) is 15.1. The van der Waals surface area contributed by atoms with E-state index in [4.69, 9.17) is 0 Å². The van der Waals surface area contributed by atoms with Gasteiger partial charge >= 0.3 is 0 Å². The lowest BCUT2D eigenvalue weighted by atomic mass is 10.1. The second-order valence-corrected chi connectivity index (χ2v) is 7.13. The van der Waals surface area contributed by atoms with Crippen molar-refractivity contribution >= 4 is 5.91 Å². The van der Waals surface area contributed by atoms with Crippen LogP contribution in [-0.2, 0) is 13.0 Å². The minimum absolute atomic E-state index is 0.0693. The zero-order valence-corrected chi connectivity index (χ0v) is 14.9. The van der Waals surface area contributed by atoms with Crippen LogP contribution in [0.1, 0.15) is 66.0 Å². The van der Waals surface area contributed by atoms with Crippen molar-refractivity contribution in [1.82, 2.24) is 30.1 Å². The Hall–Kier alpha value is -2.31. The van der Waals surface area contributed by atoms with E-state index >= 15 is 0 Å². The van der Waals surface area contributed by atoms with Gasteiger partial charge in [-0.1, -0.05) is 12.1 Å². The Balaban J connectivity index is 1.52. The van der Waals surface area contributed by atoms with Gasteiger partial charge in [-0.3, -0.25) is 9.48 Å². The number of likely N-dealkylation sites (tertiary alicyclic amines) is 1. The molecule has 2 fully saturated rings. The molecule has 3 heterocycles. The molecule has 0 spiro atoms. The summed E-state index contributed by atoms with van der Waals surface area (Å²) in [5, 5.41) is 16.8. The second kappa shape index (κ2) is 6.54. The summed E-state index contributed by atoms with van der Waals surface area (Å²) in [6.45, 7) is 5.38. The Kier molecular flexibility index (Phi) is 4.23. The van der Waals surface area contributed by atoms with Gasteiger partial charge in [0.15, 0.2) is 0 Å². The van der Waals surface area contributed by atoms with Crippen molar-refractivity contribution in [3.05, 3.63) is 34.9 Å². The fraction of sp³-hybridized carbons (Fsp3) is 0.611. The summed E-state index contributed by atoms with van der Waals surface area (Å²) >= 11 is 0. The maximum Gasteiger partial charge on any atom is 0.256 e. The first kappa shape index (κ1) is 16.2. The van der Waals surface area contributed by atoms with E-state index in [0.29, 0.717) is 24.4 Å². The molecule has 1 saturated carbocycles. The number of rotatable bonds is 5. The van der Waals surface area contributed by atoms with E-state index in [-0.39, 0.29) is 11.9 Å². The Morgan fingerprint density at radius 3 is 2.84 bits per heavy atom. The third-order valence-electron chi connectivity index (χ3n) is 5.15. The lowest BCUT2D eigenvalue weighted by Gasteiger charge is -2.25. The van der Waals surface area contributed by atoms with E-state index in [1.807, 2.05) is 35.7 Å². The standard InChI is InChI=1S/C18H24N6O/c1-3-16-15(9-12(2)19-20-16)18(25)24-8-4-5-14(24)10-23-11-17(21-22-23)13-6-7-13/h9,11,13-14H,3-8,10H2,1-2H3/t14-/m0/s1. The molecule has 7 heteroatoms. The number of carbonyl (C=O) groups excluding carboxylic acids is 1. The predicted molar refractivity (Wildman–Crippen MR) is 92.2 cm³/mol. The molecule has 1 aliphatic heterocycles. The number of hydrogen-bond donors (Lipinski definition) is 0.